The molecule has 22 N–H and O–H groups in total. The van der Waals surface area contributed by atoms with Gasteiger partial charge in [-0.3, -0.25) is 48.6 Å². The zero-order chi connectivity index (χ0) is 63.4. The monoisotopic (exact) mass is 1190 g/mol. The maximum Gasteiger partial charge on any atom is 0.408 e. The number of primary amides is 1. The molecule has 466 valence electrons. The summed E-state index contributed by atoms with van der Waals surface area (Å²) in [5, 5.41) is 81.1. The third-order valence-corrected chi connectivity index (χ3v) is 12.9. The van der Waals surface area contributed by atoms with E-state index in [0.717, 1.165) is 0 Å². The van der Waals surface area contributed by atoms with Crippen molar-refractivity contribution in [2.24, 2.45) is 35.0 Å². The summed E-state index contributed by atoms with van der Waals surface area (Å²) < 4.78 is 5.37. The number of rotatable bonds is 36. The van der Waals surface area contributed by atoms with E-state index in [1.54, 1.807) is 108 Å². The Kier molecular flexibility index (Phi) is 30.8. The van der Waals surface area contributed by atoms with Crippen LogP contribution in [0.25, 0.3) is 0 Å². The first-order valence-corrected chi connectivity index (χ1v) is 26.9. The van der Waals surface area contributed by atoms with Crippen LogP contribution in [0, 0.1) is 23.2 Å². The van der Waals surface area contributed by atoms with Crippen molar-refractivity contribution < 1.29 is 83.0 Å². The van der Waals surface area contributed by atoms with Gasteiger partial charge in [-0.1, -0.05) is 109 Å². The summed E-state index contributed by atoms with van der Waals surface area (Å²) in [4.78, 5) is 146. The molecule has 0 bridgehead atoms. The van der Waals surface area contributed by atoms with E-state index in [9.17, 15) is 73.2 Å². The smallest absolute Gasteiger partial charge is 0.408 e. The van der Waals surface area contributed by atoms with E-state index in [-0.39, 0.29) is 44.8 Å². The number of aliphatic hydroxyl groups excluding tert-OH is 4. The first kappa shape index (κ1) is 71.6. The Balaban J connectivity index is 2.41. The van der Waals surface area contributed by atoms with Crippen molar-refractivity contribution in [3.8, 4) is 0 Å². The minimum absolute atomic E-state index is 0.0270. The largest absolute Gasteiger partial charge is 0.480 e. The maximum atomic E-state index is 14.4. The molecule has 0 heterocycles. The van der Waals surface area contributed by atoms with Crippen LogP contribution in [0.1, 0.15) is 84.4 Å². The fourth-order valence-electron chi connectivity index (χ4n) is 7.87. The van der Waals surface area contributed by atoms with Crippen LogP contribution in [-0.4, -0.2) is 184 Å². The van der Waals surface area contributed by atoms with Crippen LogP contribution in [0.4, 0.5) is 4.79 Å². The zero-order valence-corrected chi connectivity index (χ0v) is 47.6. The van der Waals surface area contributed by atoms with Gasteiger partial charge in [-0.2, -0.15) is 0 Å². The van der Waals surface area contributed by atoms with Gasteiger partial charge in [0.1, 0.15) is 54.9 Å². The summed E-state index contributed by atoms with van der Waals surface area (Å²) in [5.74, 6) is -14.3. The summed E-state index contributed by atoms with van der Waals surface area (Å²) in [6.07, 6.45) is -4.99. The molecule has 10 amide bonds. The van der Waals surface area contributed by atoms with Gasteiger partial charge in [-0.15, -0.1) is 0 Å². The number of nitrogens with one attached hydrogen (secondary N) is 11. The van der Waals surface area contributed by atoms with Crippen molar-refractivity contribution in [3.63, 3.8) is 0 Å². The molecule has 0 aliphatic carbocycles. The summed E-state index contributed by atoms with van der Waals surface area (Å²) in [5.41, 5.74) is 18.1. The molecule has 84 heavy (non-hydrogen) atoms. The number of carboxylic acid groups (broad SMARTS) is 1. The van der Waals surface area contributed by atoms with E-state index in [0.29, 0.717) is 11.1 Å². The minimum atomic E-state index is -2.42. The average Bonchev–Trinajstić information content (AvgIpc) is 3.39. The predicted molar refractivity (Wildman–Crippen MR) is 299 cm³/mol. The molecule has 2 aromatic rings. The highest BCUT2D eigenvalue weighted by Gasteiger charge is 2.40. The number of carboxylic acids is 1. The summed E-state index contributed by atoms with van der Waals surface area (Å²) in [7, 11) is 0. The third-order valence-electron chi connectivity index (χ3n) is 12.9. The van der Waals surface area contributed by atoms with Gasteiger partial charge >= 0.3 is 12.1 Å². The fraction of sp³-hybridized carbons (Fsp3) is 0.547. The van der Waals surface area contributed by atoms with E-state index < -0.39 is 169 Å². The lowest BCUT2D eigenvalue weighted by Gasteiger charge is -2.32. The van der Waals surface area contributed by atoms with Gasteiger partial charge in [0.25, 0.3) is 0 Å². The molecule has 0 fully saturated rings. The highest BCUT2D eigenvalue weighted by Crippen LogP contribution is 2.18. The summed E-state index contributed by atoms with van der Waals surface area (Å²) >= 11 is 0. The van der Waals surface area contributed by atoms with E-state index >= 15 is 0 Å². The quantitative estimate of drug-likeness (QED) is 0.0172. The number of amides is 10. The Morgan fingerprint density at radius 3 is 1.64 bits per heavy atom. The van der Waals surface area contributed by atoms with Crippen molar-refractivity contribution in [3.05, 3.63) is 71.8 Å². The van der Waals surface area contributed by atoms with Crippen LogP contribution in [0.5, 0.6) is 0 Å². The summed E-state index contributed by atoms with van der Waals surface area (Å²) in [6.45, 7) is 6.41. The Hall–Kier alpha value is -8.52. The molecule has 31 nitrogen and oxygen atoms in total. The van der Waals surface area contributed by atoms with E-state index in [1.807, 2.05) is 5.32 Å². The van der Waals surface area contributed by atoms with Crippen molar-refractivity contribution in [2.45, 2.75) is 140 Å². The lowest BCUT2D eigenvalue weighted by molar-refractivity contribution is -0.145. The van der Waals surface area contributed by atoms with Gasteiger partial charge in [0.15, 0.2) is 12.1 Å². The van der Waals surface area contributed by atoms with Crippen molar-refractivity contribution in [2.75, 3.05) is 26.3 Å². The number of hydrogen-bond donors (Lipinski definition) is 19. The van der Waals surface area contributed by atoms with Crippen LogP contribution in [0.2, 0.25) is 0 Å². The molecule has 0 aliphatic rings. The van der Waals surface area contributed by atoms with Crippen LogP contribution >= 0.6 is 0 Å². The Labute approximate surface area is 485 Å². The Bertz CT molecular complexity index is 2550. The zero-order valence-electron chi connectivity index (χ0n) is 47.6. The highest BCUT2D eigenvalue weighted by molar-refractivity contribution is 5.99. The molecule has 0 saturated heterocycles. The molecule has 0 unspecified atom stereocenters. The van der Waals surface area contributed by atoms with Crippen LogP contribution in [-0.2, 0) is 59.3 Å². The molecule has 0 radical (unpaired) electrons. The Morgan fingerprint density at radius 1 is 0.595 bits per heavy atom. The molecule has 2 rings (SSSR count). The van der Waals surface area contributed by atoms with E-state index in [4.69, 9.17) is 32.5 Å². The first-order valence-electron chi connectivity index (χ1n) is 26.9. The highest BCUT2D eigenvalue weighted by atomic mass is 16.5. The normalized spacial score (nSPS) is 15.4. The molecular formula is C53H82N14O17. The molecule has 12 atom stereocenters. The van der Waals surface area contributed by atoms with Crippen molar-refractivity contribution in [1.29, 1.82) is 5.41 Å². The fourth-order valence-corrected chi connectivity index (χ4v) is 7.87. The molecule has 0 saturated carbocycles. The molecule has 0 aliphatic heterocycles. The van der Waals surface area contributed by atoms with Crippen LogP contribution in [0.3, 0.4) is 0 Å². The average molecular weight is 1190 g/mol. The van der Waals surface area contributed by atoms with Gasteiger partial charge < -0.3 is 101 Å². The Morgan fingerprint density at radius 2 is 1.11 bits per heavy atom. The number of benzene rings is 2. The van der Waals surface area contributed by atoms with Crippen LogP contribution in [0.15, 0.2) is 60.7 Å². The third kappa shape index (κ3) is 24.1. The van der Waals surface area contributed by atoms with Crippen molar-refractivity contribution >= 4 is 71.2 Å². The molecule has 0 spiro atoms. The van der Waals surface area contributed by atoms with Crippen LogP contribution < -0.4 is 70.4 Å². The van der Waals surface area contributed by atoms with Gasteiger partial charge in [-0.25, -0.2) is 9.59 Å². The lowest BCUT2D eigenvalue weighted by Crippen LogP contribution is -2.63. The molecular weight excluding hydrogens is 1100 g/mol. The number of nitrogens with two attached hydrogens (primary N) is 3. The molecule has 2 aromatic carbocycles. The number of aliphatic hydroxyl groups is 4. The summed E-state index contributed by atoms with van der Waals surface area (Å²) in [6, 6.07) is 1.94. The predicted octanol–water partition coefficient (Wildman–Crippen LogP) is -5.22. The van der Waals surface area contributed by atoms with Gasteiger partial charge in [0, 0.05) is 6.54 Å². The number of hydrogen-bond acceptors (Lipinski definition) is 18. The minimum Gasteiger partial charge on any atom is -0.480 e. The number of carbonyl (C=O) groups is 11. The second kappa shape index (κ2) is 36.1. The number of alkyl carbamates (subject to hydrolysis) is 1. The number of guanidine groups is 1. The van der Waals surface area contributed by atoms with Gasteiger partial charge in [-0.05, 0) is 48.1 Å². The molecule has 0 aromatic heterocycles. The second-order valence-corrected chi connectivity index (χ2v) is 20.4. The number of ether oxygens (including phenoxy) is 1. The van der Waals surface area contributed by atoms with Gasteiger partial charge in [0.05, 0.1) is 31.9 Å². The SMILES string of the molecule is CC[C@H](C)[C@H](NC(=O)[C@@H](CCCNC(=N)N)NC(=O)[C@H](CC(C)C)NC(=O)[C@@H](NC(=O)[C@@H](NC(=O)OCc1ccccc1)[C@H](N)c1ccccc1)[C@H](O)C(C)C)C(=O)N[C@@H](CO)C(=O)NCC(=O)N[C@H](C(=O)N[C@@H](CO)C(=O)O)[C@H](O)C(N)=O. The molecule has 31 heteroatoms. The number of aliphatic carboxylic acids is 1. The maximum absolute atomic E-state index is 14.4. The van der Waals surface area contributed by atoms with E-state index in [1.165, 1.54) is 0 Å². The lowest BCUT2D eigenvalue weighted by atomic mass is 9.95. The van der Waals surface area contributed by atoms with E-state index in [2.05, 4.69) is 42.5 Å². The second-order valence-electron chi connectivity index (χ2n) is 20.4. The topological polar surface area (TPSA) is 520 Å². The van der Waals surface area contributed by atoms with Gasteiger partial charge in [0.2, 0.25) is 53.2 Å². The number of carbonyl (C=O) groups excluding carboxylic acids is 10. The first-order chi connectivity index (χ1) is 39.6. The standard InChI is InChI=1S/C53H82N14O17/c1-7-28(6)37(47(77)62-33(23-68)44(74)59-22-35(70)64-40(42(72)43(55)73)50(80)63-34(24-69)51(81)82)65-45(75)31(19-14-20-58-52(56)57)60-46(76)32(21-26(2)3)61-49(79)39(41(71)27(4)5)66-48(78)38(36(54)30-17-12-9-13-18-30)67-53(83)84-25-29-15-10-8-11-16-29/h8-13,15-18,26-28,31-34,36-42,68-69,71-72H,7,14,19-25,54H2,1-6H3,(H2,55,73)(H,59,74)(H,60,76)(H,61,79)(H,62,77)(H,63,80)(H,64,70)(H,65,75)(H,66,78)(H,67,83)(H,81,82)(H4,56,57,58)/t28-,31+,32-,33-,34-,36+,37-,38-,39-,40-,41+,42-/m0/s1. The van der Waals surface area contributed by atoms with Crippen molar-refractivity contribution in [1.82, 2.24) is 53.2 Å².